The summed E-state index contributed by atoms with van der Waals surface area (Å²) in [5.41, 5.74) is 0.579. The molecule has 3 atom stereocenters. The van der Waals surface area contributed by atoms with Crippen LogP contribution in [0.2, 0.25) is 5.02 Å². The Bertz CT molecular complexity index is 608. The Kier molecular flexibility index (Phi) is 7.26. The highest BCUT2D eigenvalue weighted by Crippen LogP contribution is 2.24. The number of nitrogens with zero attached hydrogens (tertiary/aromatic N) is 1. The molecule has 1 aliphatic rings. The lowest BCUT2D eigenvalue weighted by atomic mass is 9.86. The molecule has 0 aliphatic heterocycles. The quantitative estimate of drug-likeness (QED) is 0.813. The first kappa shape index (κ1) is 19.7. The third-order valence-electron chi connectivity index (χ3n) is 5.02. The number of likely N-dealkylation sites (N-methyl/N-ethyl adjacent to an activating group) is 1. The van der Waals surface area contributed by atoms with Crippen molar-refractivity contribution in [2.24, 2.45) is 5.92 Å². The van der Waals surface area contributed by atoms with Crippen molar-refractivity contribution < 1.29 is 9.59 Å². The molecule has 1 aromatic rings. The number of hydrogen-bond donors (Lipinski definition) is 2. The van der Waals surface area contributed by atoms with E-state index in [1.54, 1.807) is 24.1 Å². The third kappa shape index (κ3) is 5.72. The molecule has 1 fully saturated rings. The Labute approximate surface area is 155 Å². The van der Waals surface area contributed by atoms with Crippen molar-refractivity contribution in [2.45, 2.75) is 51.6 Å². The Hall–Kier alpha value is -1.59. The molecular weight excluding hydrogens is 338 g/mol. The Morgan fingerprint density at radius 1 is 1.28 bits per heavy atom. The first-order chi connectivity index (χ1) is 11.9. The van der Waals surface area contributed by atoms with Gasteiger partial charge in [0.2, 0.25) is 11.8 Å². The van der Waals surface area contributed by atoms with Crippen LogP contribution in [0.25, 0.3) is 0 Å². The van der Waals surface area contributed by atoms with Crippen LogP contribution in [0.1, 0.15) is 39.5 Å². The second kappa shape index (κ2) is 9.20. The molecule has 2 rings (SSSR count). The number of para-hydroxylation sites is 1. The summed E-state index contributed by atoms with van der Waals surface area (Å²) in [5.74, 6) is 0.298. The van der Waals surface area contributed by atoms with Gasteiger partial charge in [0.25, 0.3) is 0 Å². The van der Waals surface area contributed by atoms with Crippen molar-refractivity contribution >= 4 is 29.1 Å². The predicted octanol–water partition coefficient (Wildman–Crippen LogP) is 3.29. The third-order valence-corrected chi connectivity index (χ3v) is 5.35. The summed E-state index contributed by atoms with van der Waals surface area (Å²) in [6, 6.07) is 6.97. The Morgan fingerprint density at radius 2 is 1.96 bits per heavy atom. The maximum atomic E-state index is 12.5. The fraction of sp³-hybridized carbons (Fsp3) is 0.579. The van der Waals surface area contributed by atoms with E-state index in [0.717, 1.165) is 12.8 Å². The molecule has 0 spiro atoms. The van der Waals surface area contributed by atoms with E-state index in [9.17, 15) is 9.59 Å². The molecule has 1 aliphatic carbocycles. The van der Waals surface area contributed by atoms with Crippen LogP contribution in [-0.2, 0) is 9.59 Å². The van der Waals surface area contributed by atoms with Gasteiger partial charge in [-0.15, -0.1) is 0 Å². The summed E-state index contributed by atoms with van der Waals surface area (Å²) in [6.07, 6.45) is 4.61. The molecular formula is C19H28ClN3O2. The Balaban J connectivity index is 1.84. The minimum Gasteiger partial charge on any atom is -0.352 e. The number of hydrogen-bond acceptors (Lipinski definition) is 3. The number of rotatable bonds is 6. The topological polar surface area (TPSA) is 61.4 Å². The van der Waals surface area contributed by atoms with Crippen molar-refractivity contribution in [2.75, 3.05) is 18.9 Å². The lowest BCUT2D eigenvalue weighted by molar-refractivity contribution is -0.127. The van der Waals surface area contributed by atoms with Crippen LogP contribution in [-0.4, -0.2) is 42.4 Å². The molecule has 0 bridgehead atoms. The molecule has 0 heterocycles. The summed E-state index contributed by atoms with van der Waals surface area (Å²) < 4.78 is 0. The Morgan fingerprint density at radius 3 is 2.64 bits per heavy atom. The summed E-state index contributed by atoms with van der Waals surface area (Å²) in [4.78, 5) is 26.4. The molecule has 0 aromatic heterocycles. The average molecular weight is 366 g/mol. The van der Waals surface area contributed by atoms with Crippen molar-refractivity contribution in [3.05, 3.63) is 29.3 Å². The van der Waals surface area contributed by atoms with Crippen molar-refractivity contribution in [1.82, 2.24) is 10.2 Å². The first-order valence-corrected chi connectivity index (χ1v) is 9.31. The molecule has 2 N–H and O–H groups in total. The van der Waals surface area contributed by atoms with Gasteiger partial charge in [-0.25, -0.2) is 0 Å². The SMILES string of the molecule is C[C@H](C(=O)N[C@@H]1CCCC[C@@H]1C)N(C)CC(=O)Nc1ccccc1Cl. The highest BCUT2D eigenvalue weighted by molar-refractivity contribution is 6.33. The minimum absolute atomic E-state index is 0.0215. The van der Waals surface area contributed by atoms with Crippen LogP contribution in [0.3, 0.4) is 0 Å². The van der Waals surface area contributed by atoms with Crippen molar-refractivity contribution in [3.63, 3.8) is 0 Å². The lowest BCUT2D eigenvalue weighted by Gasteiger charge is -2.32. The van der Waals surface area contributed by atoms with E-state index >= 15 is 0 Å². The first-order valence-electron chi connectivity index (χ1n) is 8.93. The molecule has 0 saturated heterocycles. The zero-order chi connectivity index (χ0) is 18.4. The van der Waals surface area contributed by atoms with E-state index in [2.05, 4.69) is 17.6 Å². The van der Waals surface area contributed by atoms with Crippen LogP contribution < -0.4 is 10.6 Å². The summed E-state index contributed by atoms with van der Waals surface area (Å²) >= 11 is 6.05. The maximum absolute atomic E-state index is 12.5. The number of carbonyl (C=O) groups excluding carboxylic acids is 2. The van der Waals surface area contributed by atoms with E-state index in [1.807, 2.05) is 19.1 Å². The van der Waals surface area contributed by atoms with E-state index in [4.69, 9.17) is 11.6 Å². The number of anilines is 1. The standard InChI is InChI=1S/C19H28ClN3O2/c1-13-8-4-6-10-16(13)22-19(25)14(2)23(3)12-18(24)21-17-11-7-5-9-15(17)20/h5,7,9,11,13-14,16H,4,6,8,10,12H2,1-3H3,(H,21,24)(H,22,25)/t13-,14+,16+/m0/s1. The largest absolute Gasteiger partial charge is 0.352 e. The van der Waals surface area contributed by atoms with Gasteiger partial charge in [-0.05, 0) is 44.9 Å². The van der Waals surface area contributed by atoms with Crippen molar-refractivity contribution in [3.8, 4) is 0 Å². The second-order valence-electron chi connectivity index (χ2n) is 7.00. The lowest BCUT2D eigenvalue weighted by Crippen LogP contribution is -2.50. The van der Waals surface area contributed by atoms with Gasteiger partial charge in [0, 0.05) is 6.04 Å². The van der Waals surface area contributed by atoms with E-state index in [-0.39, 0.29) is 30.4 Å². The van der Waals surface area contributed by atoms with Crippen LogP contribution in [0.5, 0.6) is 0 Å². The summed E-state index contributed by atoms with van der Waals surface area (Å²) in [5, 5.41) is 6.42. The number of benzene rings is 1. The average Bonchev–Trinajstić information content (AvgIpc) is 2.58. The van der Waals surface area contributed by atoms with Gasteiger partial charge < -0.3 is 10.6 Å². The highest BCUT2D eigenvalue weighted by atomic mass is 35.5. The summed E-state index contributed by atoms with van der Waals surface area (Å²) in [7, 11) is 1.78. The molecule has 6 heteroatoms. The molecule has 1 saturated carbocycles. The zero-order valence-electron chi connectivity index (χ0n) is 15.2. The second-order valence-corrected chi connectivity index (χ2v) is 7.40. The smallest absolute Gasteiger partial charge is 0.238 e. The van der Waals surface area contributed by atoms with Crippen molar-refractivity contribution in [1.29, 1.82) is 0 Å². The van der Waals surface area contributed by atoms with E-state index < -0.39 is 0 Å². The molecule has 1 aromatic carbocycles. The van der Waals surface area contributed by atoms with Gasteiger partial charge in [-0.3, -0.25) is 14.5 Å². The van der Waals surface area contributed by atoms with Crippen LogP contribution in [0.4, 0.5) is 5.69 Å². The molecule has 25 heavy (non-hydrogen) atoms. The highest BCUT2D eigenvalue weighted by Gasteiger charge is 2.26. The molecule has 0 unspecified atom stereocenters. The maximum Gasteiger partial charge on any atom is 0.238 e. The molecule has 138 valence electrons. The van der Waals surface area contributed by atoms with Crippen LogP contribution in [0, 0.1) is 5.92 Å². The van der Waals surface area contributed by atoms with Gasteiger partial charge in [-0.2, -0.15) is 0 Å². The van der Waals surface area contributed by atoms with Crippen LogP contribution in [0.15, 0.2) is 24.3 Å². The zero-order valence-corrected chi connectivity index (χ0v) is 16.0. The number of halogens is 1. The predicted molar refractivity (Wildman–Crippen MR) is 102 cm³/mol. The van der Waals surface area contributed by atoms with Gasteiger partial charge in [0.1, 0.15) is 0 Å². The minimum atomic E-state index is -0.369. The van der Waals surface area contributed by atoms with Gasteiger partial charge in [0.15, 0.2) is 0 Å². The molecule has 0 radical (unpaired) electrons. The van der Waals surface area contributed by atoms with Crippen LogP contribution >= 0.6 is 11.6 Å². The number of amides is 2. The van der Waals surface area contributed by atoms with E-state index in [1.165, 1.54) is 12.8 Å². The van der Waals surface area contributed by atoms with Gasteiger partial charge in [-0.1, -0.05) is 43.5 Å². The van der Waals surface area contributed by atoms with E-state index in [0.29, 0.717) is 16.6 Å². The monoisotopic (exact) mass is 365 g/mol. The van der Waals surface area contributed by atoms with Gasteiger partial charge in [0.05, 0.1) is 23.3 Å². The molecule has 5 nitrogen and oxygen atoms in total. The normalized spacial score (nSPS) is 21.6. The number of nitrogens with one attached hydrogen (secondary N) is 2. The fourth-order valence-corrected chi connectivity index (χ4v) is 3.33. The number of carbonyl (C=O) groups is 2. The molecule has 2 amide bonds. The fourth-order valence-electron chi connectivity index (χ4n) is 3.15. The van der Waals surface area contributed by atoms with Gasteiger partial charge >= 0.3 is 0 Å². The summed E-state index contributed by atoms with van der Waals surface area (Å²) in [6.45, 7) is 4.14.